The van der Waals surface area contributed by atoms with E-state index >= 15 is 0 Å². The summed E-state index contributed by atoms with van der Waals surface area (Å²) in [5, 5.41) is 3.62. The highest BCUT2D eigenvalue weighted by Gasteiger charge is 2.17. The number of nitrogens with one attached hydrogen (secondary N) is 1. The van der Waals surface area contributed by atoms with Crippen molar-refractivity contribution >= 4 is 16.9 Å². The molecule has 0 aliphatic rings. The third-order valence-corrected chi connectivity index (χ3v) is 3.72. The van der Waals surface area contributed by atoms with E-state index in [0.29, 0.717) is 17.9 Å². The summed E-state index contributed by atoms with van der Waals surface area (Å²) in [7, 11) is 1.59. The minimum absolute atomic E-state index is 0.273. The number of rotatable bonds is 4. The summed E-state index contributed by atoms with van der Waals surface area (Å²) >= 11 is 0. The Morgan fingerprint density at radius 2 is 1.96 bits per heavy atom. The van der Waals surface area contributed by atoms with Gasteiger partial charge >= 0.3 is 0 Å². The van der Waals surface area contributed by atoms with Crippen LogP contribution in [0.25, 0.3) is 11.0 Å². The zero-order valence-corrected chi connectivity index (χ0v) is 12.9. The van der Waals surface area contributed by atoms with Crippen molar-refractivity contribution in [3.8, 4) is 5.75 Å². The average molecular weight is 313 g/mol. The van der Waals surface area contributed by atoms with Crippen molar-refractivity contribution in [3.05, 3.63) is 65.2 Å². The second-order valence-electron chi connectivity index (χ2n) is 5.23. The molecule has 23 heavy (non-hydrogen) atoms. The maximum atomic E-state index is 12.9. The number of halogens is 1. The van der Waals surface area contributed by atoms with Crippen LogP contribution in [0.3, 0.4) is 0 Å². The third-order valence-electron chi connectivity index (χ3n) is 3.72. The molecule has 3 rings (SSSR count). The van der Waals surface area contributed by atoms with Crippen LogP contribution in [0.2, 0.25) is 0 Å². The van der Waals surface area contributed by atoms with Crippen molar-refractivity contribution in [1.29, 1.82) is 0 Å². The third kappa shape index (κ3) is 3.04. The molecule has 118 valence electrons. The normalized spacial score (nSPS) is 10.7. The van der Waals surface area contributed by atoms with Gasteiger partial charge < -0.3 is 14.5 Å². The van der Waals surface area contributed by atoms with Crippen molar-refractivity contribution in [2.75, 3.05) is 7.11 Å². The Balaban J connectivity index is 1.80. The molecule has 1 heterocycles. The van der Waals surface area contributed by atoms with Gasteiger partial charge in [0.15, 0.2) is 5.76 Å². The fraction of sp³-hybridized carbons (Fsp3) is 0.167. The van der Waals surface area contributed by atoms with Crippen LogP contribution in [-0.2, 0) is 6.54 Å². The summed E-state index contributed by atoms with van der Waals surface area (Å²) in [4.78, 5) is 12.3. The Kier molecular flexibility index (Phi) is 4.02. The van der Waals surface area contributed by atoms with Gasteiger partial charge in [-0.2, -0.15) is 0 Å². The molecular weight excluding hydrogens is 297 g/mol. The molecule has 1 aromatic heterocycles. The minimum Gasteiger partial charge on any atom is -0.497 e. The SMILES string of the molecule is COc1ccc2oc(C(=O)NCc3ccc(F)cc3)c(C)c2c1. The molecule has 1 N–H and O–H groups in total. The maximum absolute atomic E-state index is 12.9. The number of aryl methyl sites for hydroxylation is 1. The van der Waals surface area contributed by atoms with E-state index in [0.717, 1.165) is 16.5 Å². The summed E-state index contributed by atoms with van der Waals surface area (Å²) in [5.41, 5.74) is 2.21. The van der Waals surface area contributed by atoms with E-state index in [2.05, 4.69) is 5.32 Å². The van der Waals surface area contributed by atoms with Crippen molar-refractivity contribution < 1.29 is 18.3 Å². The Bertz CT molecular complexity index is 853. The lowest BCUT2D eigenvalue weighted by atomic mass is 10.1. The van der Waals surface area contributed by atoms with E-state index in [1.165, 1.54) is 12.1 Å². The highest BCUT2D eigenvalue weighted by Crippen LogP contribution is 2.28. The van der Waals surface area contributed by atoms with Crippen LogP contribution in [0.1, 0.15) is 21.7 Å². The topological polar surface area (TPSA) is 51.5 Å². The van der Waals surface area contributed by atoms with Crippen LogP contribution in [0, 0.1) is 12.7 Å². The minimum atomic E-state index is -0.304. The standard InChI is InChI=1S/C18H16FNO3/c1-11-15-9-14(22-2)7-8-16(15)23-17(11)18(21)20-10-12-3-5-13(19)6-4-12/h3-9H,10H2,1-2H3,(H,20,21). The van der Waals surface area contributed by atoms with Gasteiger partial charge in [0.2, 0.25) is 0 Å². The quantitative estimate of drug-likeness (QED) is 0.796. The lowest BCUT2D eigenvalue weighted by molar-refractivity contribution is 0.0924. The molecule has 0 atom stereocenters. The number of fused-ring (bicyclic) bond motifs is 1. The second-order valence-corrected chi connectivity index (χ2v) is 5.23. The average Bonchev–Trinajstić information content (AvgIpc) is 2.90. The van der Waals surface area contributed by atoms with Crippen LogP contribution in [-0.4, -0.2) is 13.0 Å². The first kappa shape index (κ1) is 15.1. The van der Waals surface area contributed by atoms with Crippen LogP contribution >= 0.6 is 0 Å². The van der Waals surface area contributed by atoms with Gasteiger partial charge in [-0.05, 0) is 42.8 Å². The predicted octanol–water partition coefficient (Wildman–Crippen LogP) is 3.82. The van der Waals surface area contributed by atoms with Crippen molar-refractivity contribution in [2.24, 2.45) is 0 Å². The molecule has 0 unspecified atom stereocenters. The van der Waals surface area contributed by atoms with Crippen LogP contribution in [0.5, 0.6) is 5.75 Å². The monoisotopic (exact) mass is 313 g/mol. The summed E-state index contributed by atoms with van der Waals surface area (Å²) in [6.45, 7) is 2.14. The fourth-order valence-electron chi connectivity index (χ4n) is 2.41. The van der Waals surface area contributed by atoms with Gasteiger partial charge in [0.05, 0.1) is 7.11 Å². The first-order chi connectivity index (χ1) is 11.1. The molecule has 0 radical (unpaired) electrons. The van der Waals surface area contributed by atoms with Gasteiger partial charge in [-0.25, -0.2) is 4.39 Å². The zero-order valence-electron chi connectivity index (χ0n) is 12.9. The number of benzene rings is 2. The number of furan rings is 1. The van der Waals surface area contributed by atoms with Gasteiger partial charge in [0, 0.05) is 17.5 Å². The number of carbonyl (C=O) groups is 1. The molecule has 0 saturated carbocycles. The highest BCUT2D eigenvalue weighted by atomic mass is 19.1. The Hall–Kier alpha value is -2.82. The molecule has 2 aromatic carbocycles. The van der Waals surface area contributed by atoms with Crippen LogP contribution in [0.4, 0.5) is 4.39 Å². The molecule has 0 spiro atoms. The first-order valence-electron chi connectivity index (χ1n) is 7.18. The smallest absolute Gasteiger partial charge is 0.287 e. The molecule has 0 aliphatic carbocycles. The highest BCUT2D eigenvalue weighted by molar-refractivity contribution is 5.99. The van der Waals surface area contributed by atoms with Crippen molar-refractivity contribution in [3.63, 3.8) is 0 Å². The van der Waals surface area contributed by atoms with Crippen molar-refractivity contribution in [1.82, 2.24) is 5.32 Å². The number of hydrogen-bond acceptors (Lipinski definition) is 3. The lowest BCUT2D eigenvalue weighted by Gasteiger charge is -2.04. The lowest BCUT2D eigenvalue weighted by Crippen LogP contribution is -2.22. The second kappa shape index (κ2) is 6.12. The van der Waals surface area contributed by atoms with E-state index in [1.807, 2.05) is 13.0 Å². The summed E-state index contributed by atoms with van der Waals surface area (Å²) in [6, 6.07) is 11.4. The fourth-order valence-corrected chi connectivity index (χ4v) is 2.41. The molecule has 0 aliphatic heterocycles. The molecule has 3 aromatic rings. The summed E-state index contributed by atoms with van der Waals surface area (Å²) in [5.74, 6) is 0.374. The Morgan fingerprint density at radius 1 is 1.22 bits per heavy atom. The molecule has 0 saturated heterocycles. The van der Waals surface area contributed by atoms with Gasteiger partial charge in [0.25, 0.3) is 5.91 Å². The molecule has 5 heteroatoms. The van der Waals surface area contributed by atoms with E-state index < -0.39 is 0 Å². The molecule has 0 fully saturated rings. The molecule has 4 nitrogen and oxygen atoms in total. The predicted molar refractivity (Wildman–Crippen MR) is 85.1 cm³/mol. The Labute approximate surface area is 132 Å². The van der Waals surface area contributed by atoms with Crippen molar-refractivity contribution in [2.45, 2.75) is 13.5 Å². The largest absolute Gasteiger partial charge is 0.497 e. The van der Waals surface area contributed by atoms with Gasteiger partial charge in [-0.3, -0.25) is 4.79 Å². The van der Waals surface area contributed by atoms with Crippen LogP contribution < -0.4 is 10.1 Å². The van der Waals surface area contributed by atoms with E-state index in [9.17, 15) is 9.18 Å². The van der Waals surface area contributed by atoms with Gasteiger partial charge in [0.1, 0.15) is 17.1 Å². The number of amides is 1. The van der Waals surface area contributed by atoms with E-state index in [1.54, 1.807) is 31.4 Å². The first-order valence-corrected chi connectivity index (χ1v) is 7.18. The number of ether oxygens (including phenoxy) is 1. The van der Waals surface area contributed by atoms with E-state index in [-0.39, 0.29) is 17.5 Å². The molecule has 1 amide bonds. The summed E-state index contributed by atoms with van der Waals surface area (Å²) in [6.07, 6.45) is 0. The number of carbonyl (C=O) groups excluding carboxylic acids is 1. The van der Waals surface area contributed by atoms with Crippen LogP contribution in [0.15, 0.2) is 46.9 Å². The maximum Gasteiger partial charge on any atom is 0.287 e. The van der Waals surface area contributed by atoms with Gasteiger partial charge in [-0.1, -0.05) is 12.1 Å². The van der Waals surface area contributed by atoms with Gasteiger partial charge in [-0.15, -0.1) is 0 Å². The number of hydrogen-bond donors (Lipinski definition) is 1. The Morgan fingerprint density at radius 3 is 2.65 bits per heavy atom. The zero-order chi connectivity index (χ0) is 16.4. The molecule has 0 bridgehead atoms. The van der Waals surface area contributed by atoms with E-state index in [4.69, 9.17) is 9.15 Å². The molecular formula is C18H16FNO3. The summed E-state index contributed by atoms with van der Waals surface area (Å²) < 4.78 is 23.7. The number of methoxy groups -OCH3 is 1.